The molecule has 4 aromatic rings. The molecule has 0 radical (unpaired) electrons. The number of benzene rings is 4. The van der Waals surface area contributed by atoms with Crippen LogP contribution in [0.4, 0.5) is 0 Å². The minimum atomic E-state index is -4.91. The zero-order valence-corrected chi connectivity index (χ0v) is 80.6. The van der Waals surface area contributed by atoms with Gasteiger partial charge in [0.25, 0.3) is 0 Å². The van der Waals surface area contributed by atoms with Crippen molar-refractivity contribution in [3.8, 4) is 5.75 Å². The molecule has 6 bridgehead atoms. The normalized spacial score (nSPS) is 32.0. The molecule has 3 saturated carbocycles. The number of amides is 16. The summed E-state index contributed by atoms with van der Waals surface area (Å²) in [4.78, 5) is 287. The summed E-state index contributed by atoms with van der Waals surface area (Å²) in [5.74, 6) is -37.7. The maximum atomic E-state index is 15.8. The Labute approximate surface area is 820 Å². The van der Waals surface area contributed by atoms with Crippen molar-refractivity contribution in [1.29, 1.82) is 0 Å². The van der Waals surface area contributed by atoms with Gasteiger partial charge >= 0.3 is 23.9 Å². The van der Waals surface area contributed by atoms with Crippen LogP contribution in [0.25, 0.3) is 10.8 Å². The summed E-state index contributed by atoms with van der Waals surface area (Å²) in [5, 5.41) is 103. The lowest BCUT2D eigenvalue weighted by atomic mass is 9.74. The Morgan fingerprint density at radius 1 is 0.507 bits per heavy atom. The van der Waals surface area contributed by atoms with E-state index in [4.69, 9.17) is 17.2 Å². The largest absolute Gasteiger partial charge is 0.508 e. The van der Waals surface area contributed by atoms with E-state index in [1.165, 1.54) is 69.3 Å². The number of aromatic hydroxyl groups is 1. The number of primary amides is 2. The summed E-state index contributed by atoms with van der Waals surface area (Å²) in [6, 6.07) is 1.43. The van der Waals surface area contributed by atoms with Gasteiger partial charge in [-0.3, -0.25) is 101 Å². The molecule has 5 heterocycles. The van der Waals surface area contributed by atoms with Crippen molar-refractivity contribution in [3.63, 3.8) is 0 Å². The standard InChI is InChI=1S/C88H114N20O30S4/c1-42(89)69(118)100-60-39-140-25-27-142(137,138)108-23-22-107-40-85(134,41-108)92-37-58(98-71(120)44(3)93-72(121)55(30-48-16-11-15-47-14-9-10-17-52(47)48)101-81(131)86(35-49(86)31-62(111)112)104-76(125)56(33-61(90)110)95-70(119)43(2)94-75(60)124)78(127)105-87(36-50(87)32-63(113)114)82(132)102-57(34-64(115)116)74(123)96-53(28-45-12-7-6-8-13-45)73(122)97-54(29-46-18-20-51(109)21-19-46)77(126)106-88-65(80(129)130)66(88)84(4,5)67(103-83(88)133)79(128)99-59(68(91)117)38-139-24-26-141(107,135)136/h6-21,42-44,49-50,53-60,65-67,92,109,134H,22-41,89H2,1-5H3,(H2,90,110)(H2,91,117)(H,93,121)(H,94,124)(H,95,119)(H,96,123)(H,97,122)(H,98,120)(H,99,128)(H,100,118)(H,101,131)(H,102,132)(H,103,133)(H,104,125)(H,105,127)(H,106,126)(H,111,112)(H,113,114)(H,115,116)(H,129,130)/t42-,43+,44+,49+,50?,53-,54-,55-,56-,57-,58+,59-,60-,65+,66?,67+,85?,86?,87?,88?/m0/s1. The molecule has 3 aliphatic carbocycles. The van der Waals surface area contributed by atoms with E-state index in [1.54, 1.807) is 48.5 Å². The first-order chi connectivity index (χ1) is 66.6. The number of aliphatic carboxylic acids is 4. The van der Waals surface area contributed by atoms with Gasteiger partial charge in [0, 0.05) is 85.1 Å². The molecule has 142 heavy (non-hydrogen) atoms. The lowest BCUT2D eigenvalue weighted by Crippen LogP contribution is -2.68. The highest BCUT2D eigenvalue weighted by Gasteiger charge is 2.82. The molecule has 770 valence electrons. The summed E-state index contributed by atoms with van der Waals surface area (Å²) >= 11 is 1.37. The van der Waals surface area contributed by atoms with Crippen LogP contribution in [0.3, 0.4) is 0 Å². The average molecular weight is 2060 g/mol. The average Bonchev–Trinajstić information content (AvgIpc) is 1.49. The molecule has 0 aromatic heterocycles. The van der Waals surface area contributed by atoms with Gasteiger partial charge in [-0.25, -0.2) is 16.8 Å². The third kappa shape index (κ3) is 26.4. The molecule has 27 N–H and O–H groups in total. The number of carboxylic acid groups (broad SMARTS) is 4. The van der Waals surface area contributed by atoms with E-state index in [1.807, 2.05) is 0 Å². The molecule has 8 aliphatic rings. The number of fused-ring (bicyclic) bond motifs is 21. The van der Waals surface area contributed by atoms with Crippen molar-refractivity contribution in [3.05, 3.63) is 114 Å². The van der Waals surface area contributed by atoms with E-state index in [-0.39, 0.29) is 16.9 Å². The molecule has 12 rings (SSSR count). The number of nitrogens with one attached hydrogen (secondary N) is 15. The van der Waals surface area contributed by atoms with Crippen LogP contribution in [-0.4, -0.2) is 337 Å². The number of hydrogen-bond acceptors (Lipinski definition) is 30. The Morgan fingerprint density at radius 3 is 1.54 bits per heavy atom. The van der Waals surface area contributed by atoms with Crippen molar-refractivity contribution >= 4 is 173 Å². The van der Waals surface area contributed by atoms with Crippen LogP contribution < -0.4 is 97.0 Å². The number of carbonyl (C=O) groups is 20. The highest BCUT2D eigenvalue weighted by Crippen LogP contribution is 2.63. The van der Waals surface area contributed by atoms with Gasteiger partial charge in [0.1, 0.15) is 94.6 Å². The number of carboxylic acids is 4. The maximum absolute atomic E-state index is 15.8. The summed E-state index contributed by atoms with van der Waals surface area (Å²) < 4.78 is 61.4. The fourth-order valence-corrected chi connectivity index (χ4v) is 24.0. The molecule has 4 aromatic carbocycles. The molecule has 50 nitrogen and oxygen atoms in total. The van der Waals surface area contributed by atoms with Gasteiger partial charge in [0.15, 0.2) is 0 Å². The van der Waals surface area contributed by atoms with Crippen molar-refractivity contribution in [2.75, 3.05) is 67.2 Å². The number of hydrogen-bond donors (Lipinski definition) is 24. The minimum Gasteiger partial charge on any atom is -0.508 e. The van der Waals surface area contributed by atoms with Gasteiger partial charge < -0.3 is 122 Å². The van der Waals surface area contributed by atoms with E-state index in [0.29, 0.717) is 48.5 Å². The van der Waals surface area contributed by atoms with Crippen LogP contribution >= 0.6 is 23.5 Å². The van der Waals surface area contributed by atoms with Crippen molar-refractivity contribution < 1.29 is 143 Å². The van der Waals surface area contributed by atoms with E-state index >= 15 is 55.2 Å². The Balaban J connectivity index is 1.02. The second-order valence-electron chi connectivity index (χ2n) is 36.9. The molecule has 8 unspecified atom stereocenters. The van der Waals surface area contributed by atoms with Gasteiger partial charge in [0.05, 0.1) is 62.2 Å². The third-order valence-corrected chi connectivity index (χ3v) is 32.3. The Hall–Kier alpha value is -13.3. The smallest absolute Gasteiger partial charge is 0.309 e. The van der Waals surface area contributed by atoms with Gasteiger partial charge in [-0.15, -0.1) is 0 Å². The summed E-state index contributed by atoms with van der Waals surface area (Å²) in [7, 11) is -9.81. The highest BCUT2D eigenvalue weighted by molar-refractivity contribution is 8.00. The number of thioether (sulfide) groups is 2. The zero-order valence-electron chi connectivity index (χ0n) is 77.4. The van der Waals surface area contributed by atoms with Crippen LogP contribution in [0.15, 0.2) is 97.1 Å². The number of rotatable bonds is 18. The topological polar surface area (TPSA) is 796 Å². The van der Waals surface area contributed by atoms with E-state index in [0.717, 1.165) is 13.8 Å². The molecule has 54 heteroatoms. The fraction of sp³-hybridized carbons (Fsp3) is 0.523. The predicted octanol–water partition coefficient (Wildman–Crippen LogP) is -8.90. The highest BCUT2D eigenvalue weighted by atomic mass is 32.2. The van der Waals surface area contributed by atoms with Crippen LogP contribution in [0.1, 0.15) is 89.8 Å². The number of aliphatic hydroxyl groups is 1. The minimum absolute atomic E-state index is 0.195. The quantitative estimate of drug-likeness (QED) is 0.0411. The van der Waals surface area contributed by atoms with Crippen LogP contribution in [-0.2, 0) is 135 Å². The number of phenolic OH excluding ortho intramolecular Hbond substituents is 1. The third-order valence-electron chi connectivity index (χ3n) is 26.0. The molecular formula is C88H114N20O30S4. The van der Waals surface area contributed by atoms with Gasteiger partial charge in [-0.05, 0) is 73.2 Å². The number of sulfonamides is 2. The number of nitrogens with two attached hydrogens (primary N) is 3. The van der Waals surface area contributed by atoms with Crippen molar-refractivity contribution in [2.24, 2.45) is 46.3 Å². The molecule has 3 spiro atoms. The Bertz CT molecular complexity index is 5890. The molecular weight excluding hydrogens is 1950 g/mol. The van der Waals surface area contributed by atoms with Crippen molar-refractivity contribution in [1.82, 2.24) is 88.4 Å². The summed E-state index contributed by atoms with van der Waals surface area (Å²) in [6.07, 6.45) is -7.04. The molecule has 8 fully saturated rings. The van der Waals surface area contributed by atoms with E-state index < -0.39 is 387 Å². The maximum Gasteiger partial charge on any atom is 0.309 e. The Morgan fingerprint density at radius 2 is 0.986 bits per heavy atom. The lowest BCUT2D eigenvalue weighted by Gasteiger charge is -2.41. The summed E-state index contributed by atoms with van der Waals surface area (Å²) in [6.45, 7) is 0.761. The number of carbonyl (C=O) groups excluding carboxylic acids is 16. The number of phenols is 1. The SMILES string of the molecule is C[C@H](N)C(=O)N[C@H]1CSCCS(=O)(=O)N2CCN3CC(O)(C2)NC[C@@H](NC(=O)[C@@H](C)NC(=O)[C@H](Cc2cccc4ccccc24)NC(=O)C2(C[C@H]2CC(=O)O)NC(=O)[C@H](CC(N)=O)NC(=O)[C@@H](C)NC1=O)C(=O)NC1(CC1CC(=O)O)C(=O)N[C@@H](CC(=O)O)C(=O)N[C@@H](Cc1ccccc1)C(=O)N[C@@H](Cc1ccc(O)cc1)C(=O)NC12C(=O)N[C@H](C(=O)N[C@H](C(N)=O)CSCCS3(=O)=O)C(C)(C)C1[C@@H]2C(=O)O. The number of nitrogens with zero attached hydrogens (tertiary/aromatic N) is 2. The second kappa shape index (κ2) is 44.9. The van der Waals surface area contributed by atoms with E-state index in [9.17, 15) is 88.2 Å². The first kappa shape index (κ1) is 109. The van der Waals surface area contributed by atoms with Gasteiger partial charge in [0.2, 0.25) is 115 Å². The first-order valence-electron chi connectivity index (χ1n) is 45.0. The van der Waals surface area contributed by atoms with Gasteiger partial charge in [-0.1, -0.05) is 98.8 Å². The van der Waals surface area contributed by atoms with Crippen LogP contribution in [0.2, 0.25) is 0 Å². The predicted molar refractivity (Wildman–Crippen MR) is 501 cm³/mol. The van der Waals surface area contributed by atoms with E-state index in [2.05, 4.69) is 79.8 Å². The van der Waals surface area contributed by atoms with Gasteiger partial charge in [-0.2, -0.15) is 32.1 Å². The molecule has 16 amide bonds. The molecule has 5 aliphatic heterocycles. The lowest BCUT2D eigenvalue weighted by molar-refractivity contribution is -0.143. The fourth-order valence-electron chi connectivity index (χ4n) is 18.0. The molecule has 5 saturated heterocycles. The second-order valence-corrected chi connectivity index (χ2v) is 43.4. The van der Waals surface area contributed by atoms with Crippen molar-refractivity contribution in [2.45, 2.75) is 187 Å². The first-order valence-corrected chi connectivity index (χ1v) is 50.6. The number of piperidine rings is 1. The zero-order chi connectivity index (χ0) is 104. The van der Waals surface area contributed by atoms with Crippen LogP contribution in [0, 0.1) is 29.1 Å². The summed E-state index contributed by atoms with van der Waals surface area (Å²) in [5.41, 5.74) is 5.98. The monoisotopic (exact) mass is 2060 g/mol. The molecule has 22 atom stereocenters. The Kier molecular flexibility index (Phi) is 34.5. The van der Waals surface area contributed by atoms with Crippen LogP contribution in [0.5, 0.6) is 5.75 Å².